The van der Waals surface area contributed by atoms with Crippen LogP contribution in [0.3, 0.4) is 0 Å². The maximum absolute atomic E-state index is 12.3. The topological polar surface area (TPSA) is 69.0 Å². The molecule has 2 atom stereocenters. The summed E-state index contributed by atoms with van der Waals surface area (Å²) in [5.41, 5.74) is 3.39. The Labute approximate surface area is 182 Å². The average molecular weight is 425 g/mol. The van der Waals surface area contributed by atoms with Gasteiger partial charge in [0.05, 0.1) is 11.8 Å². The number of benzene rings is 2. The van der Waals surface area contributed by atoms with E-state index in [2.05, 4.69) is 21.6 Å². The molecule has 1 heterocycles. The van der Waals surface area contributed by atoms with Crippen molar-refractivity contribution < 1.29 is 9.53 Å². The van der Waals surface area contributed by atoms with Crippen LogP contribution >= 0.6 is 11.8 Å². The maximum Gasteiger partial charge on any atom is 0.230 e. The van der Waals surface area contributed by atoms with Gasteiger partial charge in [-0.1, -0.05) is 48.2 Å². The summed E-state index contributed by atoms with van der Waals surface area (Å²) in [6.45, 7) is 8.02. The highest BCUT2D eigenvalue weighted by Gasteiger charge is 2.19. The van der Waals surface area contributed by atoms with Crippen LogP contribution in [0.1, 0.15) is 48.5 Å². The van der Waals surface area contributed by atoms with Crippen LogP contribution in [-0.4, -0.2) is 26.4 Å². The molecule has 0 radical (unpaired) electrons. The first-order valence-corrected chi connectivity index (χ1v) is 10.9. The number of aromatic nitrogens is 3. The van der Waals surface area contributed by atoms with Crippen molar-refractivity contribution in [3.05, 3.63) is 71.0 Å². The summed E-state index contributed by atoms with van der Waals surface area (Å²) in [5.74, 6) is 1.76. The summed E-state index contributed by atoms with van der Waals surface area (Å²) >= 11 is 1.36. The molecule has 0 aliphatic rings. The van der Waals surface area contributed by atoms with Crippen molar-refractivity contribution in [3.63, 3.8) is 0 Å². The van der Waals surface area contributed by atoms with Gasteiger partial charge >= 0.3 is 0 Å². The van der Waals surface area contributed by atoms with Gasteiger partial charge in [-0.05, 0) is 56.5 Å². The van der Waals surface area contributed by atoms with Crippen LogP contribution in [0.4, 0.5) is 0 Å². The molecule has 2 aromatic carbocycles. The van der Waals surface area contributed by atoms with Gasteiger partial charge in [-0.2, -0.15) is 0 Å². The van der Waals surface area contributed by atoms with E-state index in [1.165, 1.54) is 11.8 Å². The molecule has 0 bridgehead atoms. The van der Waals surface area contributed by atoms with E-state index in [9.17, 15) is 4.79 Å². The van der Waals surface area contributed by atoms with Crippen molar-refractivity contribution in [2.75, 3.05) is 5.75 Å². The standard InChI is InChI=1S/C23H28N4O2S/c1-15-11-16(2)13-20(12-15)29-18(4)22-25-26-23(27(22)5)30-14-21(28)24-17(3)19-9-7-6-8-10-19/h6-13,17-18H,14H2,1-5H3,(H,24,28). The summed E-state index contributed by atoms with van der Waals surface area (Å²) < 4.78 is 7.95. The number of aryl methyl sites for hydroxylation is 2. The smallest absolute Gasteiger partial charge is 0.230 e. The number of thioether (sulfide) groups is 1. The number of hydrogen-bond acceptors (Lipinski definition) is 5. The third-order valence-corrected chi connectivity index (χ3v) is 5.77. The van der Waals surface area contributed by atoms with Gasteiger partial charge in [0.15, 0.2) is 17.1 Å². The SMILES string of the molecule is Cc1cc(C)cc(OC(C)c2nnc(SCC(=O)NC(C)c3ccccc3)n2C)c1. The molecule has 3 rings (SSSR count). The first kappa shape index (κ1) is 21.9. The zero-order chi connectivity index (χ0) is 21.7. The highest BCUT2D eigenvalue weighted by atomic mass is 32.2. The maximum atomic E-state index is 12.3. The van der Waals surface area contributed by atoms with Gasteiger partial charge in [-0.25, -0.2) is 0 Å². The lowest BCUT2D eigenvalue weighted by molar-refractivity contribution is -0.119. The van der Waals surface area contributed by atoms with Crippen molar-refractivity contribution in [1.29, 1.82) is 0 Å². The first-order chi connectivity index (χ1) is 14.3. The minimum Gasteiger partial charge on any atom is -0.483 e. The Hall–Kier alpha value is -2.80. The molecule has 0 fully saturated rings. The average Bonchev–Trinajstić information content (AvgIpc) is 3.06. The molecule has 1 aromatic heterocycles. The third-order valence-electron chi connectivity index (χ3n) is 4.75. The second-order valence-electron chi connectivity index (χ2n) is 7.47. The minimum absolute atomic E-state index is 0.0411. The van der Waals surface area contributed by atoms with Crippen LogP contribution in [0.2, 0.25) is 0 Å². The lowest BCUT2D eigenvalue weighted by Crippen LogP contribution is -2.28. The normalized spacial score (nSPS) is 13.0. The minimum atomic E-state index is -0.259. The number of ether oxygens (including phenoxy) is 1. The van der Waals surface area contributed by atoms with E-state index in [0.717, 1.165) is 28.3 Å². The molecule has 2 unspecified atom stereocenters. The molecule has 0 saturated heterocycles. The van der Waals surface area contributed by atoms with Gasteiger partial charge in [-0.15, -0.1) is 10.2 Å². The van der Waals surface area contributed by atoms with Gasteiger partial charge in [-0.3, -0.25) is 4.79 Å². The lowest BCUT2D eigenvalue weighted by atomic mass is 10.1. The Kier molecular flexibility index (Phi) is 7.15. The van der Waals surface area contributed by atoms with Gasteiger partial charge in [0.2, 0.25) is 5.91 Å². The third kappa shape index (κ3) is 5.63. The molecular weight excluding hydrogens is 396 g/mol. The van der Waals surface area contributed by atoms with E-state index in [1.54, 1.807) is 0 Å². The van der Waals surface area contributed by atoms with Gasteiger partial charge in [0.1, 0.15) is 5.75 Å². The summed E-state index contributed by atoms with van der Waals surface area (Å²) in [5, 5.41) is 12.2. The fraction of sp³-hybridized carbons (Fsp3) is 0.348. The van der Waals surface area contributed by atoms with Crippen molar-refractivity contribution in [2.24, 2.45) is 7.05 Å². The summed E-state index contributed by atoms with van der Waals surface area (Å²) in [4.78, 5) is 12.3. The van der Waals surface area contributed by atoms with Gasteiger partial charge < -0.3 is 14.6 Å². The molecular formula is C23H28N4O2S. The number of carbonyl (C=O) groups excluding carboxylic acids is 1. The highest BCUT2D eigenvalue weighted by Crippen LogP contribution is 2.25. The fourth-order valence-corrected chi connectivity index (χ4v) is 4.03. The highest BCUT2D eigenvalue weighted by molar-refractivity contribution is 7.99. The zero-order valence-corrected chi connectivity index (χ0v) is 18.9. The van der Waals surface area contributed by atoms with Gasteiger partial charge in [0, 0.05) is 7.05 Å². The van der Waals surface area contributed by atoms with Crippen molar-refractivity contribution >= 4 is 17.7 Å². The summed E-state index contributed by atoms with van der Waals surface area (Å²) in [6, 6.07) is 16.0. The number of rotatable bonds is 8. The zero-order valence-electron chi connectivity index (χ0n) is 18.0. The van der Waals surface area contributed by atoms with Crippen LogP contribution < -0.4 is 10.1 Å². The first-order valence-electron chi connectivity index (χ1n) is 9.95. The second-order valence-corrected chi connectivity index (χ2v) is 8.41. The molecule has 0 spiro atoms. The Morgan fingerprint density at radius 1 is 1.10 bits per heavy atom. The Morgan fingerprint density at radius 2 is 1.77 bits per heavy atom. The summed E-state index contributed by atoms with van der Waals surface area (Å²) in [7, 11) is 1.89. The molecule has 0 aliphatic carbocycles. The van der Waals surface area contributed by atoms with Gasteiger partial charge in [0.25, 0.3) is 0 Å². The number of nitrogens with zero attached hydrogens (tertiary/aromatic N) is 3. The molecule has 1 amide bonds. The van der Waals surface area contributed by atoms with E-state index in [-0.39, 0.29) is 23.8 Å². The van der Waals surface area contributed by atoms with Crippen LogP contribution in [0.25, 0.3) is 0 Å². The van der Waals surface area contributed by atoms with Crippen LogP contribution in [0.15, 0.2) is 53.7 Å². The van der Waals surface area contributed by atoms with Crippen LogP contribution in [0.5, 0.6) is 5.75 Å². The van der Waals surface area contributed by atoms with Crippen molar-refractivity contribution in [3.8, 4) is 5.75 Å². The molecule has 158 valence electrons. The second kappa shape index (κ2) is 9.80. The van der Waals surface area contributed by atoms with Crippen LogP contribution in [-0.2, 0) is 11.8 Å². The fourth-order valence-electron chi connectivity index (χ4n) is 3.30. The molecule has 0 saturated carbocycles. The van der Waals surface area contributed by atoms with E-state index in [0.29, 0.717) is 5.16 Å². The molecule has 1 N–H and O–H groups in total. The largest absolute Gasteiger partial charge is 0.483 e. The van der Waals surface area contributed by atoms with E-state index in [4.69, 9.17) is 4.74 Å². The Morgan fingerprint density at radius 3 is 2.43 bits per heavy atom. The van der Waals surface area contributed by atoms with Crippen LogP contribution in [0, 0.1) is 13.8 Å². The monoisotopic (exact) mass is 424 g/mol. The van der Waals surface area contributed by atoms with Crippen molar-refractivity contribution in [2.45, 2.75) is 45.0 Å². The number of amides is 1. The molecule has 6 nitrogen and oxygen atoms in total. The number of nitrogens with one attached hydrogen (secondary N) is 1. The number of carbonyl (C=O) groups is 1. The predicted molar refractivity (Wildman–Crippen MR) is 120 cm³/mol. The Balaban J connectivity index is 1.57. The van der Waals surface area contributed by atoms with E-state index in [1.807, 2.05) is 81.8 Å². The summed E-state index contributed by atoms with van der Waals surface area (Å²) in [6.07, 6.45) is -0.259. The lowest BCUT2D eigenvalue weighted by Gasteiger charge is -2.15. The van der Waals surface area contributed by atoms with Crippen molar-refractivity contribution in [1.82, 2.24) is 20.1 Å². The Bertz CT molecular complexity index is 983. The quantitative estimate of drug-likeness (QED) is 0.538. The molecule has 30 heavy (non-hydrogen) atoms. The van der Waals surface area contributed by atoms with E-state index < -0.39 is 0 Å². The molecule has 0 aliphatic heterocycles. The van der Waals surface area contributed by atoms with E-state index >= 15 is 0 Å². The molecule has 7 heteroatoms. The predicted octanol–water partition coefficient (Wildman–Crippen LogP) is 4.54. The molecule has 3 aromatic rings. The number of hydrogen-bond donors (Lipinski definition) is 1.